The smallest absolute Gasteiger partial charge is 0.240 e. The quantitative estimate of drug-likeness (QED) is 0.479. The Kier molecular flexibility index (Phi) is 7.26. The number of imidazole rings is 1. The van der Waals surface area contributed by atoms with Gasteiger partial charge in [-0.05, 0) is 55.9 Å². The van der Waals surface area contributed by atoms with Crippen molar-refractivity contribution in [2.24, 2.45) is 0 Å². The van der Waals surface area contributed by atoms with Gasteiger partial charge in [0.2, 0.25) is 5.91 Å². The lowest BCUT2D eigenvalue weighted by atomic mass is 9.91. The lowest BCUT2D eigenvalue weighted by Gasteiger charge is -2.36. The van der Waals surface area contributed by atoms with E-state index in [1.165, 1.54) is 5.56 Å². The number of amides is 1. The third-order valence-electron chi connectivity index (χ3n) is 6.98. The number of pyridine rings is 2. The van der Waals surface area contributed by atoms with Gasteiger partial charge >= 0.3 is 0 Å². The van der Waals surface area contributed by atoms with Crippen LogP contribution in [0.5, 0.6) is 0 Å². The summed E-state index contributed by atoms with van der Waals surface area (Å²) < 4.78 is 0. The molecule has 4 heterocycles. The standard InChI is InChI=1S/C26H33N7O/c34-26(33-13-9-20(10-14-33)30-17-21-7-1-2-11-28-21)24(15-22-16-27-18-31-22)32-23-8-3-5-19-6-4-12-29-25(19)23/h1-2,4,6-7,11-12,16,18,20,23-24,30,32H,3,5,8-10,13-15,17H2,(H,27,31). The highest BCUT2D eigenvalue weighted by molar-refractivity contribution is 5.82. The number of aryl methyl sites for hydroxylation is 1. The zero-order valence-electron chi connectivity index (χ0n) is 19.5. The minimum Gasteiger partial charge on any atom is -0.348 e. The highest BCUT2D eigenvalue weighted by Gasteiger charge is 2.32. The maximum Gasteiger partial charge on any atom is 0.240 e. The van der Waals surface area contributed by atoms with Crippen LogP contribution in [0.4, 0.5) is 0 Å². The van der Waals surface area contributed by atoms with Gasteiger partial charge in [-0.2, -0.15) is 0 Å². The van der Waals surface area contributed by atoms with Gasteiger partial charge in [0.15, 0.2) is 0 Å². The molecule has 2 atom stereocenters. The number of carbonyl (C=O) groups is 1. The second-order valence-corrected chi connectivity index (χ2v) is 9.29. The molecule has 0 saturated carbocycles. The predicted octanol–water partition coefficient (Wildman–Crippen LogP) is 2.56. The van der Waals surface area contributed by atoms with Gasteiger partial charge in [0, 0.05) is 56.4 Å². The lowest BCUT2D eigenvalue weighted by Crippen LogP contribution is -2.53. The van der Waals surface area contributed by atoms with Crippen LogP contribution in [0.25, 0.3) is 0 Å². The lowest BCUT2D eigenvalue weighted by molar-refractivity contribution is -0.134. The van der Waals surface area contributed by atoms with Crippen molar-refractivity contribution < 1.29 is 4.79 Å². The topological polar surface area (TPSA) is 98.8 Å². The number of fused-ring (bicyclic) bond motifs is 1. The number of hydrogen-bond donors (Lipinski definition) is 3. The first-order valence-electron chi connectivity index (χ1n) is 12.4. The van der Waals surface area contributed by atoms with Crippen LogP contribution in [0, 0.1) is 0 Å². The third kappa shape index (κ3) is 5.51. The number of aromatic amines is 1. The Morgan fingerprint density at radius 2 is 2.00 bits per heavy atom. The molecule has 8 heteroatoms. The molecule has 8 nitrogen and oxygen atoms in total. The first-order chi connectivity index (χ1) is 16.8. The van der Waals surface area contributed by atoms with Gasteiger partial charge in [-0.1, -0.05) is 12.1 Å². The van der Waals surface area contributed by atoms with Gasteiger partial charge in [0.25, 0.3) is 0 Å². The summed E-state index contributed by atoms with van der Waals surface area (Å²) in [6.07, 6.45) is 12.8. The van der Waals surface area contributed by atoms with E-state index in [-0.39, 0.29) is 18.0 Å². The zero-order valence-corrected chi connectivity index (χ0v) is 19.5. The highest BCUT2D eigenvalue weighted by Crippen LogP contribution is 2.28. The number of hydrogen-bond acceptors (Lipinski definition) is 6. The van der Waals surface area contributed by atoms with Gasteiger partial charge in [-0.15, -0.1) is 0 Å². The summed E-state index contributed by atoms with van der Waals surface area (Å²) in [7, 11) is 0. The summed E-state index contributed by atoms with van der Waals surface area (Å²) in [5.41, 5.74) is 4.40. The van der Waals surface area contributed by atoms with Gasteiger partial charge in [-0.3, -0.25) is 20.1 Å². The van der Waals surface area contributed by atoms with Crippen LogP contribution in [0.2, 0.25) is 0 Å². The van der Waals surface area contributed by atoms with E-state index in [2.05, 4.69) is 36.6 Å². The molecule has 34 heavy (non-hydrogen) atoms. The molecule has 0 spiro atoms. The minimum atomic E-state index is -0.309. The number of aromatic nitrogens is 4. The first-order valence-corrected chi connectivity index (χ1v) is 12.4. The normalized spacial score (nSPS) is 19.5. The summed E-state index contributed by atoms with van der Waals surface area (Å²) in [6.45, 7) is 2.29. The van der Waals surface area contributed by atoms with Crippen LogP contribution >= 0.6 is 0 Å². The molecule has 1 saturated heterocycles. The maximum atomic E-state index is 13.7. The highest BCUT2D eigenvalue weighted by atomic mass is 16.2. The van der Waals surface area contributed by atoms with Crippen LogP contribution in [0.15, 0.2) is 55.2 Å². The summed E-state index contributed by atoms with van der Waals surface area (Å²) in [5.74, 6) is 0.167. The average molecular weight is 460 g/mol. The zero-order chi connectivity index (χ0) is 23.2. The second-order valence-electron chi connectivity index (χ2n) is 9.29. The number of piperidine rings is 1. The molecule has 0 bridgehead atoms. The number of nitrogens with zero attached hydrogens (tertiary/aromatic N) is 4. The Balaban J connectivity index is 1.22. The number of H-pyrrole nitrogens is 1. The molecule has 3 aromatic heterocycles. The molecule has 0 radical (unpaired) electrons. The molecule has 1 aliphatic carbocycles. The van der Waals surface area contributed by atoms with E-state index >= 15 is 0 Å². The van der Waals surface area contributed by atoms with Crippen molar-refractivity contribution in [1.29, 1.82) is 0 Å². The van der Waals surface area contributed by atoms with Crippen molar-refractivity contribution in [1.82, 2.24) is 35.5 Å². The number of rotatable bonds is 8. The van der Waals surface area contributed by atoms with E-state index in [1.54, 1.807) is 6.33 Å². The van der Waals surface area contributed by atoms with Crippen molar-refractivity contribution >= 4 is 5.91 Å². The third-order valence-corrected chi connectivity index (χ3v) is 6.98. The minimum absolute atomic E-state index is 0.0967. The van der Waals surface area contributed by atoms with Gasteiger partial charge in [0.05, 0.1) is 29.8 Å². The Bertz CT molecular complexity index is 1050. The molecule has 1 aliphatic heterocycles. The molecule has 2 unspecified atom stereocenters. The molecule has 1 amide bonds. The van der Waals surface area contributed by atoms with Crippen molar-refractivity contribution in [2.75, 3.05) is 13.1 Å². The first kappa shape index (κ1) is 22.7. The largest absolute Gasteiger partial charge is 0.348 e. The summed E-state index contributed by atoms with van der Waals surface area (Å²) >= 11 is 0. The molecule has 0 aromatic carbocycles. The Morgan fingerprint density at radius 3 is 2.79 bits per heavy atom. The fourth-order valence-electron chi connectivity index (χ4n) is 5.12. The number of likely N-dealkylation sites (tertiary alicyclic amines) is 1. The summed E-state index contributed by atoms with van der Waals surface area (Å²) in [6, 6.07) is 10.3. The van der Waals surface area contributed by atoms with Crippen molar-refractivity contribution in [2.45, 2.75) is 63.2 Å². The molecule has 3 aromatic rings. The Labute approximate surface area is 200 Å². The monoisotopic (exact) mass is 459 g/mol. The van der Waals surface area contributed by atoms with E-state index in [4.69, 9.17) is 0 Å². The van der Waals surface area contributed by atoms with Crippen LogP contribution in [-0.2, 0) is 24.2 Å². The molecular formula is C26H33N7O. The fourth-order valence-corrected chi connectivity index (χ4v) is 5.12. The Morgan fingerprint density at radius 1 is 1.12 bits per heavy atom. The molecular weight excluding hydrogens is 426 g/mol. The van der Waals surface area contributed by atoms with E-state index in [9.17, 15) is 4.79 Å². The molecule has 178 valence electrons. The van der Waals surface area contributed by atoms with Crippen LogP contribution in [-0.4, -0.2) is 55.9 Å². The van der Waals surface area contributed by atoms with E-state index < -0.39 is 0 Å². The number of nitrogens with one attached hydrogen (secondary N) is 3. The second kappa shape index (κ2) is 10.9. The molecule has 3 N–H and O–H groups in total. The van der Waals surface area contributed by atoms with Gasteiger partial charge in [-0.25, -0.2) is 4.98 Å². The summed E-state index contributed by atoms with van der Waals surface area (Å²) in [5, 5.41) is 7.28. The van der Waals surface area contributed by atoms with Gasteiger partial charge in [0.1, 0.15) is 0 Å². The summed E-state index contributed by atoms with van der Waals surface area (Å²) in [4.78, 5) is 32.1. The molecule has 2 aliphatic rings. The molecule has 5 rings (SSSR count). The maximum absolute atomic E-state index is 13.7. The average Bonchev–Trinajstić information content (AvgIpc) is 3.41. The van der Waals surface area contributed by atoms with Crippen molar-refractivity contribution in [3.05, 3.63) is 77.9 Å². The van der Waals surface area contributed by atoms with Gasteiger partial charge < -0.3 is 15.2 Å². The number of carbonyl (C=O) groups excluding carboxylic acids is 1. The van der Waals surface area contributed by atoms with Crippen LogP contribution in [0.3, 0.4) is 0 Å². The fraction of sp³-hybridized carbons (Fsp3) is 0.462. The van der Waals surface area contributed by atoms with Crippen LogP contribution in [0.1, 0.15) is 54.4 Å². The van der Waals surface area contributed by atoms with Crippen molar-refractivity contribution in [3.63, 3.8) is 0 Å². The van der Waals surface area contributed by atoms with Crippen LogP contribution < -0.4 is 10.6 Å². The Hall–Kier alpha value is -3.10. The van der Waals surface area contributed by atoms with E-state index in [1.807, 2.05) is 47.8 Å². The predicted molar refractivity (Wildman–Crippen MR) is 130 cm³/mol. The van der Waals surface area contributed by atoms with E-state index in [0.29, 0.717) is 12.5 Å². The SMILES string of the molecule is O=C(C(Cc1cnc[nH]1)NC1CCCc2cccnc21)N1CCC(NCc2ccccn2)CC1. The van der Waals surface area contributed by atoms with E-state index in [0.717, 1.165) is 68.8 Å². The molecule has 1 fully saturated rings. The van der Waals surface area contributed by atoms with Crippen molar-refractivity contribution in [3.8, 4) is 0 Å².